The number of aromatic nitrogens is 4. The van der Waals surface area contributed by atoms with Gasteiger partial charge in [0.15, 0.2) is 5.78 Å². The van der Waals surface area contributed by atoms with Crippen molar-refractivity contribution >= 4 is 11.6 Å². The number of aryl methyl sites for hydroxylation is 2. The summed E-state index contributed by atoms with van der Waals surface area (Å²) in [6, 6.07) is 8.31. The number of Topliss-reactive ketones (excluding diaryl/α,β-unsaturated/α-hetero) is 1. The number of anilines is 1. The van der Waals surface area contributed by atoms with E-state index in [1.165, 1.54) is 5.56 Å². The molecule has 2 aromatic heterocycles. The Kier molecular flexibility index (Phi) is 3.53. The quantitative estimate of drug-likeness (QED) is 0.730. The zero-order chi connectivity index (χ0) is 18.5. The molecule has 3 heterocycles. The summed E-state index contributed by atoms with van der Waals surface area (Å²) in [5.41, 5.74) is 6.00. The van der Waals surface area contributed by atoms with Crippen LogP contribution in [0.1, 0.15) is 47.8 Å². The van der Waals surface area contributed by atoms with E-state index in [0.717, 1.165) is 52.7 Å². The molecule has 0 saturated heterocycles. The molecule has 1 aromatic carbocycles. The van der Waals surface area contributed by atoms with Crippen LogP contribution in [0.2, 0.25) is 0 Å². The summed E-state index contributed by atoms with van der Waals surface area (Å²) in [6.45, 7) is 4.07. The van der Waals surface area contributed by atoms with Crippen LogP contribution in [-0.2, 0) is 4.79 Å². The zero-order valence-corrected chi connectivity index (χ0v) is 15.4. The molecule has 1 atom stereocenters. The third-order valence-corrected chi connectivity index (χ3v) is 5.48. The first-order valence-electron chi connectivity index (χ1n) is 9.32. The molecule has 0 amide bonds. The molecule has 1 aliphatic carbocycles. The van der Waals surface area contributed by atoms with Crippen LogP contribution < -0.4 is 5.32 Å². The summed E-state index contributed by atoms with van der Waals surface area (Å²) in [5, 5.41) is 8.35. The van der Waals surface area contributed by atoms with Crippen molar-refractivity contribution in [2.75, 3.05) is 5.32 Å². The Morgan fingerprint density at radius 2 is 1.96 bits per heavy atom. The van der Waals surface area contributed by atoms with Gasteiger partial charge in [0.25, 0.3) is 0 Å². The molecule has 0 spiro atoms. The van der Waals surface area contributed by atoms with Gasteiger partial charge in [0.05, 0.1) is 17.3 Å². The lowest BCUT2D eigenvalue weighted by atomic mass is 9.79. The number of carbonyl (C=O) groups is 1. The third kappa shape index (κ3) is 2.44. The van der Waals surface area contributed by atoms with Gasteiger partial charge < -0.3 is 10.3 Å². The molecule has 0 saturated carbocycles. The van der Waals surface area contributed by atoms with Gasteiger partial charge >= 0.3 is 0 Å². The monoisotopic (exact) mass is 359 g/mol. The molecular formula is C21H21N5O. The first-order valence-corrected chi connectivity index (χ1v) is 9.32. The van der Waals surface area contributed by atoms with Crippen LogP contribution in [-0.4, -0.2) is 25.5 Å². The molecule has 136 valence electrons. The van der Waals surface area contributed by atoms with Crippen LogP contribution in [0.4, 0.5) is 5.82 Å². The normalized spacial score (nSPS) is 18.9. The molecular weight excluding hydrogens is 338 g/mol. The van der Waals surface area contributed by atoms with Crippen molar-refractivity contribution in [2.45, 2.75) is 39.0 Å². The number of allylic oxidation sites excluding steroid dienone is 2. The standard InChI is InChI=1S/C21H21N5O/c1-12-6-8-14(9-7-12)26-21-17(13(2)25-26)19(20-22-10-11-23-20)18-15(24-21)4-3-5-16(18)27/h6-11,19,24H,3-5H2,1-2H3,(H,22,23)/t19-/m1/s1. The second kappa shape index (κ2) is 5.94. The van der Waals surface area contributed by atoms with E-state index in [9.17, 15) is 4.79 Å². The van der Waals surface area contributed by atoms with Crippen molar-refractivity contribution in [1.82, 2.24) is 19.7 Å². The third-order valence-electron chi connectivity index (χ3n) is 5.48. The van der Waals surface area contributed by atoms with Crippen molar-refractivity contribution in [3.8, 4) is 5.69 Å². The van der Waals surface area contributed by atoms with E-state index in [1.54, 1.807) is 6.20 Å². The highest BCUT2D eigenvalue weighted by Crippen LogP contribution is 2.46. The molecule has 0 bridgehead atoms. The Morgan fingerprint density at radius 3 is 2.70 bits per heavy atom. The highest BCUT2D eigenvalue weighted by atomic mass is 16.1. The number of aromatic amines is 1. The summed E-state index contributed by atoms with van der Waals surface area (Å²) in [6.07, 6.45) is 5.89. The molecule has 6 heteroatoms. The first-order chi connectivity index (χ1) is 13.1. The zero-order valence-electron chi connectivity index (χ0n) is 15.4. The number of hydrogen-bond acceptors (Lipinski definition) is 4. The maximum atomic E-state index is 12.8. The smallest absolute Gasteiger partial charge is 0.161 e. The number of ketones is 1. The largest absolute Gasteiger partial charge is 0.348 e. The Balaban J connectivity index is 1.74. The van der Waals surface area contributed by atoms with E-state index in [-0.39, 0.29) is 11.7 Å². The number of nitrogens with zero attached hydrogens (tertiary/aromatic N) is 3. The predicted octanol–water partition coefficient (Wildman–Crippen LogP) is 3.78. The maximum Gasteiger partial charge on any atom is 0.161 e. The summed E-state index contributed by atoms with van der Waals surface area (Å²) in [5.74, 6) is 1.75. The molecule has 1 aliphatic heterocycles. The summed E-state index contributed by atoms with van der Waals surface area (Å²) in [4.78, 5) is 20.5. The number of carbonyl (C=O) groups excluding carboxylic acids is 1. The number of nitrogens with one attached hydrogen (secondary N) is 2. The van der Waals surface area contributed by atoms with Crippen LogP contribution in [0.15, 0.2) is 47.9 Å². The Bertz CT molecular complexity index is 1060. The fourth-order valence-electron chi connectivity index (χ4n) is 4.20. The number of benzene rings is 1. The SMILES string of the molecule is Cc1ccc(-n2nc(C)c3c2NC2=C(C(=O)CCC2)[C@@H]3c2ncc[nH]2)cc1. The summed E-state index contributed by atoms with van der Waals surface area (Å²) in [7, 11) is 0. The number of hydrogen-bond donors (Lipinski definition) is 2. The Hall–Kier alpha value is -3.15. The van der Waals surface area contributed by atoms with Gasteiger partial charge in [-0.05, 0) is 38.8 Å². The highest BCUT2D eigenvalue weighted by molar-refractivity contribution is 6.00. The van der Waals surface area contributed by atoms with Gasteiger partial charge in [0.2, 0.25) is 0 Å². The molecule has 0 radical (unpaired) electrons. The number of fused-ring (bicyclic) bond motifs is 1. The van der Waals surface area contributed by atoms with E-state index in [1.807, 2.05) is 17.8 Å². The van der Waals surface area contributed by atoms with Crippen LogP contribution in [0, 0.1) is 13.8 Å². The summed E-state index contributed by atoms with van der Waals surface area (Å²) < 4.78 is 1.95. The molecule has 0 fully saturated rings. The second-order valence-corrected chi connectivity index (χ2v) is 7.30. The van der Waals surface area contributed by atoms with E-state index >= 15 is 0 Å². The lowest BCUT2D eigenvalue weighted by Crippen LogP contribution is -2.28. The molecule has 3 aromatic rings. The van der Waals surface area contributed by atoms with Crippen molar-refractivity contribution in [3.05, 3.63) is 70.6 Å². The van der Waals surface area contributed by atoms with Crippen LogP contribution in [0.5, 0.6) is 0 Å². The molecule has 2 aliphatic rings. The molecule has 6 nitrogen and oxygen atoms in total. The lowest BCUT2D eigenvalue weighted by Gasteiger charge is -2.31. The number of H-pyrrole nitrogens is 1. The average molecular weight is 359 g/mol. The fourth-order valence-corrected chi connectivity index (χ4v) is 4.20. The van der Waals surface area contributed by atoms with Gasteiger partial charge in [-0.15, -0.1) is 0 Å². The van der Waals surface area contributed by atoms with Crippen LogP contribution in [0.3, 0.4) is 0 Å². The minimum Gasteiger partial charge on any atom is -0.348 e. The predicted molar refractivity (Wildman–Crippen MR) is 103 cm³/mol. The van der Waals surface area contributed by atoms with E-state index in [0.29, 0.717) is 6.42 Å². The van der Waals surface area contributed by atoms with Gasteiger partial charge in [-0.25, -0.2) is 9.67 Å². The van der Waals surface area contributed by atoms with Crippen LogP contribution >= 0.6 is 0 Å². The number of rotatable bonds is 2. The maximum absolute atomic E-state index is 12.8. The van der Waals surface area contributed by atoms with Gasteiger partial charge in [-0.3, -0.25) is 4.79 Å². The minimum atomic E-state index is -0.196. The van der Waals surface area contributed by atoms with Gasteiger partial charge in [0.1, 0.15) is 11.6 Å². The van der Waals surface area contributed by atoms with Crippen molar-refractivity contribution in [2.24, 2.45) is 0 Å². The fraction of sp³-hybridized carbons (Fsp3) is 0.286. The van der Waals surface area contributed by atoms with Crippen molar-refractivity contribution < 1.29 is 4.79 Å². The van der Waals surface area contributed by atoms with E-state index < -0.39 is 0 Å². The van der Waals surface area contributed by atoms with Gasteiger partial charge in [-0.1, -0.05) is 17.7 Å². The topological polar surface area (TPSA) is 75.6 Å². The van der Waals surface area contributed by atoms with Gasteiger partial charge in [-0.2, -0.15) is 5.10 Å². The number of imidazole rings is 1. The van der Waals surface area contributed by atoms with Crippen LogP contribution in [0.25, 0.3) is 5.69 Å². The molecule has 5 rings (SSSR count). The highest BCUT2D eigenvalue weighted by Gasteiger charge is 2.39. The van der Waals surface area contributed by atoms with E-state index in [2.05, 4.69) is 46.5 Å². The molecule has 27 heavy (non-hydrogen) atoms. The first kappa shape index (κ1) is 16.1. The van der Waals surface area contributed by atoms with E-state index in [4.69, 9.17) is 5.10 Å². The Morgan fingerprint density at radius 1 is 1.15 bits per heavy atom. The molecule has 2 N–H and O–H groups in total. The van der Waals surface area contributed by atoms with Crippen molar-refractivity contribution in [1.29, 1.82) is 0 Å². The lowest BCUT2D eigenvalue weighted by molar-refractivity contribution is -0.116. The molecule has 0 unspecified atom stereocenters. The van der Waals surface area contributed by atoms with Gasteiger partial charge in [0, 0.05) is 35.6 Å². The average Bonchev–Trinajstić information content (AvgIpc) is 3.30. The minimum absolute atomic E-state index is 0.196. The summed E-state index contributed by atoms with van der Waals surface area (Å²) >= 11 is 0. The van der Waals surface area contributed by atoms with Crippen molar-refractivity contribution in [3.63, 3.8) is 0 Å². The second-order valence-electron chi connectivity index (χ2n) is 7.30. The Labute approximate surface area is 157 Å².